The summed E-state index contributed by atoms with van der Waals surface area (Å²) in [7, 11) is 0. The Kier molecular flexibility index (Phi) is 5.94. The molecule has 0 heterocycles. The summed E-state index contributed by atoms with van der Waals surface area (Å²) in [4.78, 5) is 23.4. The third-order valence-corrected chi connectivity index (χ3v) is 3.25. The van der Waals surface area contributed by atoms with Crippen LogP contribution in [-0.2, 0) is 14.3 Å². The van der Waals surface area contributed by atoms with Gasteiger partial charge in [-0.1, -0.05) is 41.9 Å². The van der Waals surface area contributed by atoms with Crippen LogP contribution in [0.5, 0.6) is 0 Å². The standard InChI is InChI=1S/C18H16ClNO3/c1-13-11-15(19)8-9-16(13)20-17(21)12-23-18(22)10-7-14-5-3-2-4-6-14/h2-11H,12H2,1H3,(H,20,21)/b10-7+. The molecule has 0 unspecified atom stereocenters. The van der Waals surface area contributed by atoms with Crippen LogP contribution < -0.4 is 5.32 Å². The van der Waals surface area contributed by atoms with E-state index in [9.17, 15) is 9.59 Å². The number of benzene rings is 2. The molecule has 0 saturated carbocycles. The highest BCUT2D eigenvalue weighted by atomic mass is 35.5. The molecule has 118 valence electrons. The number of ether oxygens (including phenoxy) is 1. The molecule has 1 N–H and O–H groups in total. The van der Waals surface area contributed by atoms with E-state index in [-0.39, 0.29) is 6.61 Å². The van der Waals surface area contributed by atoms with Crippen molar-refractivity contribution in [2.45, 2.75) is 6.92 Å². The molecule has 4 nitrogen and oxygen atoms in total. The first kappa shape index (κ1) is 16.8. The minimum Gasteiger partial charge on any atom is -0.452 e. The molecular weight excluding hydrogens is 314 g/mol. The van der Waals surface area contributed by atoms with Crippen molar-refractivity contribution >= 4 is 35.2 Å². The van der Waals surface area contributed by atoms with Crippen molar-refractivity contribution in [1.29, 1.82) is 0 Å². The molecule has 0 saturated heterocycles. The Balaban J connectivity index is 1.82. The predicted octanol–water partition coefficient (Wildman–Crippen LogP) is 3.84. The number of anilines is 1. The monoisotopic (exact) mass is 329 g/mol. The SMILES string of the molecule is Cc1cc(Cl)ccc1NC(=O)COC(=O)/C=C/c1ccccc1. The second kappa shape index (κ2) is 8.15. The summed E-state index contributed by atoms with van der Waals surface area (Å²) in [6, 6.07) is 14.5. The van der Waals surface area contributed by atoms with Crippen LogP contribution in [0.25, 0.3) is 6.08 Å². The third kappa shape index (κ3) is 5.60. The summed E-state index contributed by atoms with van der Waals surface area (Å²) in [6.07, 6.45) is 2.92. The molecule has 0 atom stereocenters. The van der Waals surface area contributed by atoms with Crippen molar-refractivity contribution < 1.29 is 14.3 Å². The molecule has 1 amide bonds. The zero-order valence-electron chi connectivity index (χ0n) is 12.6. The largest absolute Gasteiger partial charge is 0.452 e. The molecule has 23 heavy (non-hydrogen) atoms. The van der Waals surface area contributed by atoms with Gasteiger partial charge in [0.1, 0.15) is 0 Å². The molecule has 0 fully saturated rings. The fourth-order valence-electron chi connectivity index (χ4n) is 1.87. The zero-order valence-corrected chi connectivity index (χ0v) is 13.3. The van der Waals surface area contributed by atoms with E-state index < -0.39 is 11.9 Å². The Labute approximate surface area is 139 Å². The molecule has 0 aromatic heterocycles. The van der Waals surface area contributed by atoms with Crippen molar-refractivity contribution in [2.24, 2.45) is 0 Å². The Morgan fingerprint density at radius 2 is 1.91 bits per heavy atom. The van der Waals surface area contributed by atoms with Gasteiger partial charge < -0.3 is 10.1 Å². The lowest BCUT2D eigenvalue weighted by Crippen LogP contribution is -2.20. The van der Waals surface area contributed by atoms with E-state index in [0.717, 1.165) is 11.1 Å². The van der Waals surface area contributed by atoms with E-state index in [4.69, 9.17) is 16.3 Å². The normalized spacial score (nSPS) is 10.5. The topological polar surface area (TPSA) is 55.4 Å². The number of nitrogens with one attached hydrogen (secondary N) is 1. The molecular formula is C18H16ClNO3. The third-order valence-electron chi connectivity index (χ3n) is 3.02. The average Bonchev–Trinajstić information content (AvgIpc) is 2.54. The van der Waals surface area contributed by atoms with Gasteiger partial charge in [0.25, 0.3) is 5.91 Å². The lowest BCUT2D eigenvalue weighted by molar-refractivity contribution is -0.142. The fraction of sp³-hybridized carbons (Fsp3) is 0.111. The number of hydrogen-bond acceptors (Lipinski definition) is 3. The summed E-state index contributed by atoms with van der Waals surface area (Å²) >= 11 is 5.85. The number of carbonyl (C=O) groups excluding carboxylic acids is 2. The summed E-state index contributed by atoms with van der Waals surface area (Å²) in [5.41, 5.74) is 2.35. The lowest BCUT2D eigenvalue weighted by atomic mass is 10.2. The van der Waals surface area contributed by atoms with Gasteiger partial charge in [-0.05, 0) is 42.3 Å². The first-order chi connectivity index (χ1) is 11.0. The smallest absolute Gasteiger partial charge is 0.331 e. The van der Waals surface area contributed by atoms with E-state index in [0.29, 0.717) is 10.7 Å². The van der Waals surface area contributed by atoms with Gasteiger partial charge in [0.2, 0.25) is 0 Å². The van der Waals surface area contributed by atoms with E-state index in [1.54, 1.807) is 24.3 Å². The van der Waals surface area contributed by atoms with Gasteiger partial charge in [0.15, 0.2) is 6.61 Å². The maximum atomic E-state index is 11.8. The van der Waals surface area contributed by atoms with Crippen molar-refractivity contribution in [3.8, 4) is 0 Å². The van der Waals surface area contributed by atoms with E-state index in [1.807, 2.05) is 37.3 Å². The molecule has 2 aromatic carbocycles. The van der Waals surface area contributed by atoms with Crippen LogP contribution in [0, 0.1) is 6.92 Å². The second-order valence-corrected chi connectivity index (χ2v) is 5.30. The number of aryl methyl sites for hydroxylation is 1. The van der Waals surface area contributed by atoms with Crippen LogP contribution in [0.15, 0.2) is 54.6 Å². The fourth-order valence-corrected chi connectivity index (χ4v) is 2.09. The predicted molar refractivity (Wildman–Crippen MR) is 91.3 cm³/mol. The maximum Gasteiger partial charge on any atom is 0.331 e. The summed E-state index contributed by atoms with van der Waals surface area (Å²) in [5.74, 6) is -0.978. The van der Waals surface area contributed by atoms with Gasteiger partial charge in [-0.15, -0.1) is 0 Å². The second-order valence-electron chi connectivity index (χ2n) is 4.86. The van der Waals surface area contributed by atoms with E-state index in [1.165, 1.54) is 6.08 Å². The Hall–Kier alpha value is -2.59. The highest BCUT2D eigenvalue weighted by Gasteiger charge is 2.07. The molecule has 0 aliphatic rings. The van der Waals surface area contributed by atoms with Crippen LogP contribution in [0.2, 0.25) is 5.02 Å². The van der Waals surface area contributed by atoms with Crippen LogP contribution >= 0.6 is 11.6 Å². The minimum absolute atomic E-state index is 0.347. The maximum absolute atomic E-state index is 11.8. The molecule has 0 aliphatic carbocycles. The van der Waals surface area contributed by atoms with Crippen molar-refractivity contribution in [3.05, 3.63) is 70.8 Å². The van der Waals surface area contributed by atoms with Crippen molar-refractivity contribution in [2.75, 3.05) is 11.9 Å². The average molecular weight is 330 g/mol. The lowest BCUT2D eigenvalue weighted by Gasteiger charge is -2.08. The molecule has 2 aromatic rings. The minimum atomic E-state index is -0.572. The quantitative estimate of drug-likeness (QED) is 0.669. The highest BCUT2D eigenvalue weighted by molar-refractivity contribution is 6.30. The number of esters is 1. The van der Waals surface area contributed by atoms with E-state index in [2.05, 4.69) is 5.32 Å². The van der Waals surface area contributed by atoms with E-state index >= 15 is 0 Å². The number of rotatable bonds is 5. The van der Waals surface area contributed by atoms with Crippen LogP contribution in [0.4, 0.5) is 5.69 Å². The first-order valence-corrected chi connectivity index (χ1v) is 7.38. The Morgan fingerprint density at radius 1 is 1.17 bits per heavy atom. The van der Waals surface area contributed by atoms with Crippen molar-refractivity contribution in [3.63, 3.8) is 0 Å². The molecule has 0 spiro atoms. The van der Waals surface area contributed by atoms with Crippen molar-refractivity contribution in [1.82, 2.24) is 0 Å². The Morgan fingerprint density at radius 3 is 2.61 bits per heavy atom. The number of halogens is 1. The first-order valence-electron chi connectivity index (χ1n) is 7.00. The molecule has 5 heteroatoms. The van der Waals surface area contributed by atoms with Gasteiger partial charge in [-0.3, -0.25) is 4.79 Å². The molecule has 0 bridgehead atoms. The Bertz CT molecular complexity index is 726. The highest BCUT2D eigenvalue weighted by Crippen LogP contribution is 2.19. The van der Waals surface area contributed by atoms with Crippen LogP contribution in [0.3, 0.4) is 0 Å². The molecule has 0 radical (unpaired) electrons. The van der Waals surface area contributed by atoms with Crippen LogP contribution in [-0.4, -0.2) is 18.5 Å². The van der Waals surface area contributed by atoms with Gasteiger partial charge >= 0.3 is 5.97 Å². The molecule has 0 aliphatic heterocycles. The van der Waals surface area contributed by atoms with Crippen LogP contribution in [0.1, 0.15) is 11.1 Å². The molecule has 2 rings (SSSR count). The summed E-state index contributed by atoms with van der Waals surface area (Å²) in [5, 5.41) is 3.26. The number of hydrogen-bond donors (Lipinski definition) is 1. The summed E-state index contributed by atoms with van der Waals surface area (Å²) in [6.45, 7) is 1.48. The van der Waals surface area contributed by atoms with Gasteiger partial charge in [-0.2, -0.15) is 0 Å². The van der Waals surface area contributed by atoms with Gasteiger partial charge in [0, 0.05) is 16.8 Å². The zero-order chi connectivity index (χ0) is 16.7. The summed E-state index contributed by atoms with van der Waals surface area (Å²) < 4.78 is 4.90. The van der Waals surface area contributed by atoms with Gasteiger partial charge in [0.05, 0.1) is 0 Å². The number of carbonyl (C=O) groups is 2. The van der Waals surface area contributed by atoms with Gasteiger partial charge in [-0.25, -0.2) is 4.79 Å². The number of amides is 1.